The topological polar surface area (TPSA) is 63.5 Å². The van der Waals surface area contributed by atoms with Crippen LogP contribution in [0.3, 0.4) is 0 Å². The summed E-state index contributed by atoms with van der Waals surface area (Å²) in [5.74, 6) is -1.88. The second kappa shape index (κ2) is 10.1. The van der Waals surface area contributed by atoms with E-state index in [9.17, 15) is 13.2 Å². The Morgan fingerprint density at radius 2 is 1.84 bits per heavy atom. The number of alkyl halides is 3. The van der Waals surface area contributed by atoms with Crippen LogP contribution in [0.1, 0.15) is 17.7 Å². The van der Waals surface area contributed by atoms with Gasteiger partial charge in [-0.05, 0) is 55.3 Å². The van der Waals surface area contributed by atoms with Crippen LogP contribution in [-0.2, 0) is 24.3 Å². The van der Waals surface area contributed by atoms with Crippen LogP contribution in [0.25, 0.3) is 10.9 Å². The van der Waals surface area contributed by atoms with E-state index in [-0.39, 0.29) is 0 Å². The lowest BCUT2D eigenvalue weighted by atomic mass is 10.1. The van der Waals surface area contributed by atoms with Crippen molar-refractivity contribution in [2.45, 2.75) is 32.1 Å². The van der Waals surface area contributed by atoms with Gasteiger partial charge in [-0.2, -0.15) is 13.2 Å². The van der Waals surface area contributed by atoms with Crippen LogP contribution in [0.2, 0.25) is 5.02 Å². The molecule has 166 valence electrons. The van der Waals surface area contributed by atoms with Crippen molar-refractivity contribution < 1.29 is 27.8 Å². The van der Waals surface area contributed by atoms with Gasteiger partial charge in [0, 0.05) is 34.7 Å². The van der Waals surface area contributed by atoms with E-state index in [1.165, 1.54) is 22.2 Å². The summed E-state index contributed by atoms with van der Waals surface area (Å²) in [6, 6.07) is 16.3. The standard InChI is InChI=1S/C20H21ClN2O.C2HF3O2/c21-15-6-8-16(9-7-15)24-13-3-12-23-19-5-2-1-4-17(19)18-10-11-22-14-20(18)23;3-2(4,5)1(6)7/h1-2,4-9,22H,3,10-14H2;(H,6,7). The van der Waals surface area contributed by atoms with Gasteiger partial charge in [0.05, 0.1) is 6.61 Å². The Morgan fingerprint density at radius 1 is 1.16 bits per heavy atom. The van der Waals surface area contributed by atoms with Crippen LogP contribution in [0.15, 0.2) is 48.5 Å². The number of halogens is 4. The summed E-state index contributed by atoms with van der Waals surface area (Å²) in [5, 5.41) is 12.8. The van der Waals surface area contributed by atoms with Crippen molar-refractivity contribution in [3.05, 3.63) is 64.8 Å². The van der Waals surface area contributed by atoms with Gasteiger partial charge in [0.1, 0.15) is 5.75 Å². The van der Waals surface area contributed by atoms with Crippen molar-refractivity contribution in [3.63, 3.8) is 0 Å². The number of hydrogen-bond donors (Lipinski definition) is 2. The van der Waals surface area contributed by atoms with Crippen LogP contribution in [0.4, 0.5) is 13.2 Å². The SMILES string of the molecule is Clc1ccc(OCCCn2c3c(c4ccccc42)CCNC3)cc1.O=C(O)C(F)(F)F. The molecule has 2 aromatic carbocycles. The predicted molar refractivity (Wildman–Crippen MR) is 113 cm³/mol. The zero-order chi connectivity index (χ0) is 22.4. The molecule has 4 rings (SSSR count). The highest BCUT2D eigenvalue weighted by molar-refractivity contribution is 6.30. The van der Waals surface area contributed by atoms with Crippen LogP contribution in [0, 0.1) is 0 Å². The highest BCUT2D eigenvalue weighted by atomic mass is 35.5. The highest BCUT2D eigenvalue weighted by Gasteiger charge is 2.38. The second-order valence-electron chi connectivity index (χ2n) is 6.98. The zero-order valence-electron chi connectivity index (χ0n) is 16.6. The summed E-state index contributed by atoms with van der Waals surface area (Å²) in [7, 11) is 0. The largest absolute Gasteiger partial charge is 0.494 e. The molecule has 9 heteroatoms. The van der Waals surface area contributed by atoms with Crippen molar-refractivity contribution >= 4 is 28.5 Å². The molecule has 0 bridgehead atoms. The molecule has 0 unspecified atom stereocenters. The summed E-state index contributed by atoms with van der Waals surface area (Å²) in [6.45, 7) is 3.71. The normalized spacial score (nSPS) is 13.3. The van der Waals surface area contributed by atoms with Gasteiger partial charge in [-0.3, -0.25) is 0 Å². The number of carboxylic acids is 1. The minimum Gasteiger partial charge on any atom is -0.494 e. The molecule has 0 saturated heterocycles. The van der Waals surface area contributed by atoms with E-state index >= 15 is 0 Å². The highest BCUT2D eigenvalue weighted by Crippen LogP contribution is 2.28. The first kappa shape index (κ1) is 23.0. The quantitative estimate of drug-likeness (QED) is 0.530. The molecule has 0 aliphatic carbocycles. The number of aryl methyl sites for hydroxylation is 1. The Labute approximate surface area is 182 Å². The number of ether oxygens (including phenoxy) is 1. The number of para-hydroxylation sites is 1. The van der Waals surface area contributed by atoms with Gasteiger partial charge < -0.3 is 19.7 Å². The maximum Gasteiger partial charge on any atom is 0.490 e. The van der Waals surface area contributed by atoms with Gasteiger partial charge in [-0.1, -0.05) is 29.8 Å². The third kappa shape index (κ3) is 5.92. The van der Waals surface area contributed by atoms with E-state index in [1.54, 1.807) is 0 Å². The van der Waals surface area contributed by atoms with Crippen LogP contribution in [0.5, 0.6) is 5.75 Å². The summed E-state index contributed by atoms with van der Waals surface area (Å²) >= 11 is 5.90. The molecule has 0 saturated carbocycles. The smallest absolute Gasteiger partial charge is 0.490 e. The van der Waals surface area contributed by atoms with Crippen LogP contribution < -0.4 is 10.1 Å². The molecule has 5 nitrogen and oxygen atoms in total. The van der Waals surface area contributed by atoms with Gasteiger partial charge in [-0.25, -0.2) is 4.79 Å². The van der Waals surface area contributed by atoms with E-state index in [1.807, 2.05) is 24.3 Å². The summed E-state index contributed by atoms with van der Waals surface area (Å²) < 4.78 is 40.0. The molecule has 0 fully saturated rings. The minimum absolute atomic E-state index is 0.705. The van der Waals surface area contributed by atoms with Crippen LogP contribution >= 0.6 is 11.6 Å². The fourth-order valence-electron chi connectivity index (χ4n) is 3.53. The van der Waals surface area contributed by atoms with Crippen molar-refractivity contribution in [3.8, 4) is 5.75 Å². The lowest BCUT2D eigenvalue weighted by Crippen LogP contribution is -2.25. The van der Waals surface area contributed by atoms with Crippen molar-refractivity contribution in [2.24, 2.45) is 0 Å². The van der Waals surface area contributed by atoms with E-state index in [0.717, 1.165) is 43.2 Å². The Kier molecular flexibility index (Phi) is 7.46. The molecule has 2 heterocycles. The number of nitrogens with one attached hydrogen (secondary N) is 1. The third-order valence-electron chi connectivity index (χ3n) is 4.89. The lowest BCUT2D eigenvalue weighted by molar-refractivity contribution is -0.192. The molecular weight excluding hydrogens is 433 g/mol. The first-order valence-electron chi connectivity index (χ1n) is 9.75. The molecule has 0 amide bonds. The van der Waals surface area contributed by atoms with E-state index in [2.05, 4.69) is 34.1 Å². The van der Waals surface area contributed by atoms with Crippen molar-refractivity contribution in [1.82, 2.24) is 9.88 Å². The first-order valence-corrected chi connectivity index (χ1v) is 10.1. The molecule has 0 radical (unpaired) electrons. The number of carbonyl (C=O) groups is 1. The molecule has 1 aliphatic heterocycles. The van der Waals surface area contributed by atoms with Gasteiger partial charge in [0.2, 0.25) is 0 Å². The maximum atomic E-state index is 10.6. The number of nitrogens with zero attached hydrogens (tertiary/aromatic N) is 1. The summed E-state index contributed by atoms with van der Waals surface area (Å²) in [4.78, 5) is 8.90. The zero-order valence-corrected chi connectivity index (χ0v) is 17.3. The van der Waals surface area contributed by atoms with Gasteiger partial charge in [0.25, 0.3) is 0 Å². The molecule has 1 aromatic heterocycles. The number of aliphatic carboxylic acids is 1. The molecule has 0 atom stereocenters. The predicted octanol–water partition coefficient (Wildman–Crippen LogP) is 5.04. The Hall–Kier alpha value is -2.71. The van der Waals surface area contributed by atoms with Crippen molar-refractivity contribution in [1.29, 1.82) is 0 Å². The first-order chi connectivity index (χ1) is 14.8. The van der Waals surface area contributed by atoms with E-state index in [0.29, 0.717) is 6.61 Å². The monoisotopic (exact) mass is 454 g/mol. The minimum atomic E-state index is -5.08. The number of fused-ring (bicyclic) bond motifs is 3. The van der Waals surface area contributed by atoms with Crippen molar-refractivity contribution in [2.75, 3.05) is 13.2 Å². The number of rotatable bonds is 5. The van der Waals surface area contributed by atoms with E-state index in [4.69, 9.17) is 26.2 Å². The maximum absolute atomic E-state index is 10.6. The molecule has 3 aromatic rings. The average Bonchev–Trinajstić information content (AvgIpc) is 3.06. The number of carboxylic acid groups (broad SMARTS) is 1. The van der Waals surface area contributed by atoms with Gasteiger partial charge >= 0.3 is 12.1 Å². The fourth-order valence-corrected chi connectivity index (χ4v) is 3.65. The molecule has 0 spiro atoms. The molecule has 1 aliphatic rings. The lowest BCUT2D eigenvalue weighted by Gasteiger charge is -2.17. The summed E-state index contributed by atoms with van der Waals surface area (Å²) in [6.07, 6.45) is -2.99. The second-order valence-corrected chi connectivity index (χ2v) is 7.42. The van der Waals surface area contributed by atoms with E-state index < -0.39 is 12.1 Å². The average molecular weight is 455 g/mol. The Balaban J connectivity index is 0.000000339. The number of aromatic nitrogens is 1. The van der Waals surface area contributed by atoms with Gasteiger partial charge in [-0.15, -0.1) is 0 Å². The van der Waals surface area contributed by atoms with Crippen LogP contribution in [-0.4, -0.2) is 35.0 Å². The molecule has 31 heavy (non-hydrogen) atoms. The molecular formula is C22H22ClF3N2O3. The number of hydrogen-bond acceptors (Lipinski definition) is 3. The third-order valence-corrected chi connectivity index (χ3v) is 5.14. The molecule has 2 N–H and O–H groups in total. The Bertz CT molecular complexity index is 1030. The fraction of sp³-hybridized carbons (Fsp3) is 0.318. The van der Waals surface area contributed by atoms with Gasteiger partial charge in [0.15, 0.2) is 0 Å². The Morgan fingerprint density at radius 3 is 2.52 bits per heavy atom. The number of benzene rings is 2. The summed E-state index contributed by atoms with van der Waals surface area (Å²) in [5.41, 5.74) is 4.30.